The zero-order chi connectivity index (χ0) is 17.6. The Balaban J connectivity index is 1.53. The van der Waals surface area contributed by atoms with Crippen LogP contribution in [0.1, 0.15) is 32.4 Å². The minimum atomic E-state index is 0.129. The van der Waals surface area contributed by atoms with Crippen LogP contribution >= 0.6 is 0 Å². The fraction of sp³-hybridized carbons (Fsp3) is 0.700. The largest absolute Gasteiger partial charge is 0.381 e. The molecule has 2 aliphatic heterocycles. The summed E-state index contributed by atoms with van der Waals surface area (Å²) in [5, 5.41) is 3.36. The molecule has 1 amide bonds. The van der Waals surface area contributed by atoms with Gasteiger partial charge in [0.1, 0.15) is 0 Å². The Kier molecular flexibility index (Phi) is 6.43. The van der Waals surface area contributed by atoms with E-state index in [1.807, 2.05) is 18.3 Å². The molecular weight excluding hydrogens is 314 g/mol. The Hall–Kier alpha value is -1.46. The Bertz CT molecular complexity index is 543. The quantitative estimate of drug-likeness (QED) is 0.858. The second-order valence-corrected chi connectivity index (χ2v) is 7.74. The molecule has 0 saturated carbocycles. The minimum absolute atomic E-state index is 0.129. The molecule has 2 atom stereocenters. The summed E-state index contributed by atoms with van der Waals surface area (Å²) in [7, 11) is 0. The molecule has 0 radical (unpaired) electrons. The van der Waals surface area contributed by atoms with E-state index in [2.05, 4.69) is 35.1 Å². The molecule has 2 aliphatic rings. The molecule has 5 heteroatoms. The Morgan fingerprint density at radius 2 is 2.12 bits per heavy atom. The molecule has 3 rings (SSSR count). The second kappa shape index (κ2) is 8.77. The van der Waals surface area contributed by atoms with Gasteiger partial charge in [-0.3, -0.25) is 9.78 Å². The maximum Gasteiger partial charge on any atom is 0.223 e. The number of amides is 1. The van der Waals surface area contributed by atoms with Gasteiger partial charge in [-0.15, -0.1) is 0 Å². The van der Waals surface area contributed by atoms with Crippen LogP contribution in [0.3, 0.4) is 0 Å². The van der Waals surface area contributed by atoms with Crippen LogP contribution in [0.15, 0.2) is 24.4 Å². The van der Waals surface area contributed by atoms with E-state index in [1.54, 1.807) is 0 Å². The number of nitrogens with zero attached hydrogens (tertiary/aromatic N) is 2. The van der Waals surface area contributed by atoms with E-state index < -0.39 is 0 Å². The normalized spacial score (nSPS) is 25.4. The van der Waals surface area contributed by atoms with Crippen molar-refractivity contribution in [3.05, 3.63) is 30.1 Å². The standard InChI is InChI=1S/C20H31N3O2/c1-15(2)18-13-23(10-6-17-5-3-4-9-21-17)14-19(18)22-20(24)16-7-11-25-12-8-16/h3-5,9,15-16,18-19H,6-8,10-14H2,1-2H3,(H,22,24)/t18-,19+/m0/s1. The topological polar surface area (TPSA) is 54.5 Å². The maximum absolute atomic E-state index is 12.6. The summed E-state index contributed by atoms with van der Waals surface area (Å²) >= 11 is 0. The first-order valence-corrected chi connectivity index (χ1v) is 9.64. The van der Waals surface area contributed by atoms with Crippen LogP contribution in [0, 0.1) is 17.8 Å². The van der Waals surface area contributed by atoms with Gasteiger partial charge < -0.3 is 15.0 Å². The van der Waals surface area contributed by atoms with Crippen molar-refractivity contribution in [1.29, 1.82) is 0 Å². The number of nitrogens with one attached hydrogen (secondary N) is 1. The van der Waals surface area contributed by atoms with Crippen LogP contribution in [0.4, 0.5) is 0 Å². The minimum Gasteiger partial charge on any atom is -0.381 e. The van der Waals surface area contributed by atoms with Crippen LogP contribution in [0.25, 0.3) is 0 Å². The molecule has 1 N–H and O–H groups in total. The number of pyridine rings is 1. The molecule has 0 bridgehead atoms. The van der Waals surface area contributed by atoms with Gasteiger partial charge in [-0.1, -0.05) is 19.9 Å². The van der Waals surface area contributed by atoms with E-state index in [9.17, 15) is 4.79 Å². The van der Waals surface area contributed by atoms with Gasteiger partial charge in [-0.05, 0) is 36.8 Å². The third kappa shape index (κ3) is 5.02. The molecule has 2 saturated heterocycles. The Morgan fingerprint density at radius 1 is 1.32 bits per heavy atom. The Morgan fingerprint density at radius 3 is 2.80 bits per heavy atom. The molecule has 2 fully saturated rings. The molecule has 25 heavy (non-hydrogen) atoms. The molecule has 0 spiro atoms. The summed E-state index contributed by atoms with van der Waals surface area (Å²) in [4.78, 5) is 19.5. The average molecular weight is 345 g/mol. The smallest absolute Gasteiger partial charge is 0.223 e. The van der Waals surface area contributed by atoms with Crippen molar-refractivity contribution in [2.75, 3.05) is 32.8 Å². The van der Waals surface area contributed by atoms with Crippen LogP contribution in [0.2, 0.25) is 0 Å². The highest BCUT2D eigenvalue weighted by atomic mass is 16.5. The van der Waals surface area contributed by atoms with Gasteiger partial charge in [0.05, 0.1) is 0 Å². The van der Waals surface area contributed by atoms with E-state index in [0.29, 0.717) is 25.0 Å². The van der Waals surface area contributed by atoms with E-state index in [4.69, 9.17) is 4.74 Å². The highest BCUT2D eigenvalue weighted by molar-refractivity contribution is 5.79. The number of likely N-dealkylation sites (tertiary alicyclic amines) is 1. The number of ether oxygens (including phenoxy) is 1. The van der Waals surface area contributed by atoms with Crippen molar-refractivity contribution >= 4 is 5.91 Å². The fourth-order valence-corrected chi connectivity index (χ4v) is 4.00. The molecule has 1 aromatic heterocycles. The molecule has 0 aromatic carbocycles. The molecule has 5 nitrogen and oxygen atoms in total. The van der Waals surface area contributed by atoms with E-state index in [1.165, 1.54) is 0 Å². The molecule has 0 unspecified atom stereocenters. The summed E-state index contributed by atoms with van der Waals surface area (Å²) in [5.74, 6) is 1.45. The SMILES string of the molecule is CC(C)[C@@H]1CN(CCc2ccccn2)C[C@H]1NC(=O)C1CCOCC1. The fourth-order valence-electron chi connectivity index (χ4n) is 4.00. The number of carbonyl (C=O) groups excluding carboxylic acids is 1. The van der Waals surface area contributed by atoms with Crippen molar-refractivity contribution in [1.82, 2.24) is 15.2 Å². The number of hydrogen-bond acceptors (Lipinski definition) is 4. The van der Waals surface area contributed by atoms with Crippen LogP contribution in [-0.4, -0.2) is 54.7 Å². The lowest BCUT2D eigenvalue weighted by Crippen LogP contribution is -2.45. The first-order chi connectivity index (χ1) is 12.1. The molecule has 0 aliphatic carbocycles. The molecular formula is C20H31N3O2. The number of hydrogen-bond donors (Lipinski definition) is 1. The van der Waals surface area contributed by atoms with Crippen molar-refractivity contribution < 1.29 is 9.53 Å². The summed E-state index contributed by atoms with van der Waals surface area (Å²) in [6, 6.07) is 6.34. The summed E-state index contributed by atoms with van der Waals surface area (Å²) < 4.78 is 5.38. The first-order valence-electron chi connectivity index (χ1n) is 9.64. The van der Waals surface area contributed by atoms with Crippen LogP contribution in [-0.2, 0) is 16.0 Å². The number of rotatable bonds is 6. The lowest BCUT2D eigenvalue weighted by Gasteiger charge is -2.27. The zero-order valence-electron chi connectivity index (χ0n) is 15.5. The van der Waals surface area contributed by atoms with Crippen molar-refractivity contribution in [2.45, 2.75) is 39.2 Å². The predicted octanol–water partition coefficient (Wildman–Crippen LogP) is 2.12. The summed E-state index contributed by atoms with van der Waals surface area (Å²) in [5.41, 5.74) is 1.14. The van der Waals surface area contributed by atoms with Crippen molar-refractivity contribution in [3.8, 4) is 0 Å². The lowest BCUT2D eigenvalue weighted by atomic mass is 9.90. The lowest BCUT2D eigenvalue weighted by molar-refractivity contribution is -0.128. The van der Waals surface area contributed by atoms with Gasteiger partial charge in [0.2, 0.25) is 5.91 Å². The van der Waals surface area contributed by atoms with Gasteiger partial charge in [0, 0.05) is 63.1 Å². The van der Waals surface area contributed by atoms with Crippen LogP contribution < -0.4 is 5.32 Å². The number of aromatic nitrogens is 1. The Labute approximate surface area is 151 Å². The van der Waals surface area contributed by atoms with Gasteiger partial charge in [-0.25, -0.2) is 0 Å². The van der Waals surface area contributed by atoms with Crippen molar-refractivity contribution in [2.24, 2.45) is 17.8 Å². The molecule has 138 valence electrons. The predicted molar refractivity (Wildman–Crippen MR) is 98.2 cm³/mol. The monoisotopic (exact) mass is 345 g/mol. The summed E-state index contributed by atoms with van der Waals surface area (Å²) in [6.45, 7) is 8.97. The van der Waals surface area contributed by atoms with E-state index in [0.717, 1.165) is 44.6 Å². The van der Waals surface area contributed by atoms with Gasteiger partial charge in [0.15, 0.2) is 0 Å². The van der Waals surface area contributed by atoms with Crippen molar-refractivity contribution in [3.63, 3.8) is 0 Å². The van der Waals surface area contributed by atoms with Crippen LogP contribution in [0.5, 0.6) is 0 Å². The van der Waals surface area contributed by atoms with Gasteiger partial charge in [0.25, 0.3) is 0 Å². The average Bonchev–Trinajstić information content (AvgIpc) is 3.04. The summed E-state index contributed by atoms with van der Waals surface area (Å²) in [6.07, 6.45) is 4.53. The maximum atomic E-state index is 12.6. The molecule has 3 heterocycles. The number of carbonyl (C=O) groups is 1. The van der Waals surface area contributed by atoms with Gasteiger partial charge >= 0.3 is 0 Å². The third-order valence-electron chi connectivity index (χ3n) is 5.63. The van der Waals surface area contributed by atoms with E-state index in [-0.39, 0.29) is 17.9 Å². The zero-order valence-corrected chi connectivity index (χ0v) is 15.5. The second-order valence-electron chi connectivity index (χ2n) is 7.74. The highest BCUT2D eigenvalue weighted by Gasteiger charge is 2.36. The first kappa shape index (κ1) is 18.3. The highest BCUT2D eigenvalue weighted by Crippen LogP contribution is 2.25. The third-order valence-corrected chi connectivity index (χ3v) is 5.63. The van der Waals surface area contributed by atoms with E-state index >= 15 is 0 Å². The molecule has 1 aromatic rings. The van der Waals surface area contributed by atoms with Gasteiger partial charge in [-0.2, -0.15) is 0 Å².